The van der Waals surface area contributed by atoms with Crippen LogP contribution < -0.4 is 9.46 Å². The fraction of sp³-hybridized carbons (Fsp3) is 0.667. The highest BCUT2D eigenvalue weighted by molar-refractivity contribution is 7.93. The minimum absolute atomic E-state index is 0.0914. The highest BCUT2D eigenvalue weighted by atomic mass is 32.2. The number of rotatable bonds is 4. The summed E-state index contributed by atoms with van der Waals surface area (Å²) in [6.45, 7) is 0. The Morgan fingerprint density at radius 3 is 2.79 bits per heavy atom. The van der Waals surface area contributed by atoms with Crippen molar-refractivity contribution in [3.8, 4) is 6.01 Å². The normalized spacial score (nSPS) is 16.6. The second-order valence-corrected chi connectivity index (χ2v) is 4.98. The molecule has 1 heterocycles. The van der Waals surface area contributed by atoms with E-state index in [1.165, 1.54) is 7.11 Å². The molecule has 2 N–H and O–H groups in total. The SMILES string of the molecule is COc1n[nH]c(NS(=O)(=O)C2CC2)n1. The fourth-order valence-corrected chi connectivity index (χ4v) is 2.26. The molecule has 0 aliphatic heterocycles. The standard InChI is InChI=1S/C6H10N4O3S/c1-13-6-7-5(8-9-6)10-14(11,12)4-2-3-4/h4H,2-3H2,1H3,(H2,7,8,9,10). The first-order valence-corrected chi connectivity index (χ1v) is 5.64. The molecule has 1 fully saturated rings. The molecule has 0 saturated heterocycles. The molecule has 0 aromatic carbocycles. The Balaban J connectivity index is 2.10. The van der Waals surface area contributed by atoms with Gasteiger partial charge in [0.25, 0.3) is 0 Å². The Morgan fingerprint density at radius 2 is 2.29 bits per heavy atom. The van der Waals surface area contributed by atoms with E-state index in [1.54, 1.807) is 0 Å². The first kappa shape index (κ1) is 9.25. The second kappa shape index (κ2) is 3.12. The molecule has 0 spiro atoms. The van der Waals surface area contributed by atoms with Gasteiger partial charge >= 0.3 is 6.01 Å². The molecule has 0 bridgehead atoms. The van der Waals surface area contributed by atoms with Gasteiger partial charge in [0.2, 0.25) is 16.0 Å². The molecule has 2 rings (SSSR count). The summed E-state index contributed by atoms with van der Waals surface area (Å²) in [6.07, 6.45) is 1.42. The minimum Gasteiger partial charge on any atom is -0.466 e. The van der Waals surface area contributed by atoms with Crippen LogP contribution in [0.3, 0.4) is 0 Å². The lowest BCUT2D eigenvalue weighted by molar-refractivity contribution is 0.382. The lowest BCUT2D eigenvalue weighted by Crippen LogP contribution is -2.18. The molecule has 78 valence electrons. The van der Waals surface area contributed by atoms with Crippen molar-refractivity contribution in [3.63, 3.8) is 0 Å². The number of methoxy groups -OCH3 is 1. The van der Waals surface area contributed by atoms with Gasteiger partial charge in [-0.15, -0.1) is 5.10 Å². The molecule has 1 aromatic rings. The number of aromatic nitrogens is 3. The van der Waals surface area contributed by atoms with Crippen molar-refractivity contribution < 1.29 is 13.2 Å². The minimum atomic E-state index is -3.27. The lowest BCUT2D eigenvalue weighted by atomic mass is 11.0. The molecule has 0 atom stereocenters. The summed E-state index contributed by atoms with van der Waals surface area (Å²) >= 11 is 0. The highest BCUT2D eigenvalue weighted by Crippen LogP contribution is 2.29. The maximum Gasteiger partial charge on any atom is 0.336 e. The Hall–Kier alpha value is -1.31. The predicted octanol–water partition coefficient (Wildman–Crippen LogP) is -0.283. The maximum atomic E-state index is 11.4. The second-order valence-electron chi connectivity index (χ2n) is 3.02. The van der Waals surface area contributed by atoms with E-state index in [-0.39, 0.29) is 17.2 Å². The van der Waals surface area contributed by atoms with Crippen LogP contribution in [0.15, 0.2) is 0 Å². The molecule has 1 aromatic heterocycles. The quantitative estimate of drug-likeness (QED) is 0.724. The molecule has 1 aliphatic rings. The van der Waals surface area contributed by atoms with Crippen molar-refractivity contribution in [1.29, 1.82) is 0 Å². The predicted molar refractivity (Wildman–Crippen MR) is 48.5 cm³/mol. The van der Waals surface area contributed by atoms with E-state index in [2.05, 4.69) is 19.9 Å². The molecule has 0 amide bonds. The number of hydrogen-bond donors (Lipinski definition) is 2. The monoisotopic (exact) mass is 218 g/mol. The average molecular weight is 218 g/mol. The lowest BCUT2D eigenvalue weighted by Gasteiger charge is -2.00. The average Bonchev–Trinajstić information content (AvgIpc) is 2.89. The maximum absolute atomic E-state index is 11.4. The number of aromatic amines is 1. The summed E-state index contributed by atoms with van der Waals surface area (Å²) in [4.78, 5) is 3.74. The van der Waals surface area contributed by atoms with Crippen molar-refractivity contribution in [2.24, 2.45) is 0 Å². The number of H-pyrrole nitrogens is 1. The van der Waals surface area contributed by atoms with Crippen LogP contribution in [0.5, 0.6) is 6.01 Å². The topological polar surface area (TPSA) is 97.0 Å². The van der Waals surface area contributed by atoms with Crippen molar-refractivity contribution >= 4 is 16.0 Å². The van der Waals surface area contributed by atoms with Crippen LogP contribution in [0.1, 0.15) is 12.8 Å². The summed E-state index contributed by atoms with van der Waals surface area (Å²) in [6, 6.07) is 0.110. The van der Waals surface area contributed by atoms with E-state index in [4.69, 9.17) is 4.74 Å². The molecule has 7 nitrogen and oxygen atoms in total. The Bertz CT molecular complexity index is 422. The number of hydrogen-bond acceptors (Lipinski definition) is 5. The molecule has 0 unspecified atom stereocenters. The molecule has 8 heteroatoms. The summed E-state index contributed by atoms with van der Waals surface area (Å²) < 4.78 is 29.8. The van der Waals surface area contributed by atoms with Crippen molar-refractivity contribution in [1.82, 2.24) is 15.2 Å². The van der Waals surface area contributed by atoms with E-state index < -0.39 is 10.0 Å². The molecular formula is C6H10N4O3S. The number of nitrogens with one attached hydrogen (secondary N) is 2. The smallest absolute Gasteiger partial charge is 0.336 e. The van der Waals surface area contributed by atoms with Gasteiger partial charge < -0.3 is 4.74 Å². The highest BCUT2D eigenvalue weighted by Gasteiger charge is 2.36. The van der Waals surface area contributed by atoms with Crippen molar-refractivity contribution in [2.75, 3.05) is 11.8 Å². The zero-order valence-corrected chi connectivity index (χ0v) is 8.34. The molecule has 14 heavy (non-hydrogen) atoms. The van der Waals surface area contributed by atoms with Gasteiger partial charge in [-0.1, -0.05) is 0 Å². The Kier molecular flexibility index (Phi) is 2.06. The third-order valence-electron chi connectivity index (χ3n) is 1.85. The molecule has 1 aliphatic carbocycles. The van der Waals surface area contributed by atoms with Gasteiger partial charge in [-0.05, 0) is 12.8 Å². The third kappa shape index (κ3) is 1.79. The number of anilines is 1. The Labute approximate surface area is 80.9 Å². The number of sulfonamides is 1. The van der Waals surface area contributed by atoms with Gasteiger partial charge in [0.15, 0.2) is 0 Å². The van der Waals surface area contributed by atoms with Crippen LogP contribution >= 0.6 is 0 Å². The van der Waals surface area contributed by atoms with Crippen molar-refractivity contribution in [2.45, 2.75) is 18.1 Å². The van der Waals surface area contributed by atoms with E-state index in [0.717, 1.165) is 0 Å². The molecule has 1 saturated carbocycles. The number of ether oxygens (including phenoxy) is 1. The van der Waals surface area contributed by atoms with Crippen LogP contribution in [0, 0.1) is 0 Å². The van der Waals surface area contributed by atoms with E-state index in [0.29, 0.717) is 12.8 Å². The fourth-order valence-electron chi connectivity index (χ4n) is 0.980. The summed E-state index contributed by atoms with van der Waals surface area (Å²) in [7, 11) is -1.87. The van der Waals surface area contributed by atoms with E-state index >= 15 is 0 Å². The van der Waals surface area contributed by atoms with Crippen molar-refractivity contribution in [3.05, 3.63) is 0 Å². The summed E-state index contributed by atoms with van der Waals surface area (Å²) in [5, 5.41) is 5.75. The van der Waals surface area contributed by atoms with Gasteiger partial charge in [-0.3, -0.25) is 4.72 Å². The van der Waals surface area contributed by atoms with E-state index in [1.807, 2.05) is 0 Å². The molecular weight excluding hydrogens is 208 g/mol. The van der Waals surface area contributed by atoms with Gasteiger partial charge in [0.05, 0.1) is 12.4 Å². The Morgan fingerprint density at radius 1 is 1.57 bits per heavy atom. The van der Waals surface area contributed by atoms with Crippen LogP contribution in [0.2, 0.25) is 0 Å². The first-order chi connectivity index (χ1) is 6.62. The summed E-state index contributed by atoms with van der Waals surface area (Å²) in [5.41, 5.74) is 0. The molecule has 0 radical (unpaired) electrons. The number of nitrogens with zero attached hydrogens (tertiary/aromatic N) is 2. The third-order valence-corrected chi connectivity index (χ3v) is 3.68. The van der Waals surface area contributed by atoms with Gasteiger partial charge in [0, 0.05) is 0 Å². The van der Waals surface area contributed by atoms with Gasteiger partial charge in [-0.2, -0.15) is 4.98 Å². The first-order valence-electron chi connectivity index (χ1n) is 4.10. The van der Waals surface area contributed by atoms with Gasteiger partial charge in [-0.25, -0.2) is 13.5 Å². The largest absolute Gasteiger partial charge is 0.466 e. The summed E-state index contributed by atoms with van der Waals surface area (Å²) in [5.74, 6) is 0.0914. The van der Waals surface area contributed by atoms with Crippen LogP contribution in [-0.4, -0.2) is 36.0 Å². The zero-order chi connectivity index (χ0) is 10.2. The van der Waals surface area contributed by atoms with Crippen LogP contribution in [0.25, 0.3) is 0 Å². The van der Waals surface area contributed by atoms with Crippen LogP contribution in [-0.2, 0) is 10.0 Å². The van der Waals surface area contributed by atoms with Gasteiger partial charge in [0.1, 0.15) is 0 Å². The zero-order valence-electron chi connectivity index (χ0n) is 7.52. The van der Waals surface area contributed by atoms with E-state index in [9.17, 15) is 8.42 Å². The van der Waals surface area contributed by atoms with Crippen LogP contribution in [0.4, 0.5) is 5.95 Å².